The zero-order valence-electron chi connectivity index (χ0n) is 16.7. The van der Waals surface area contributed by atoms with Gasteiger partial charge in [0, 0.05) is 42.3 Å². The lowest BCUT2D eigenvalue weighted by atomic mass is 9.92. The third kappa shape index (κ3) is 3.30. The van der Waals surface area contributed by atoms with Gasteiger partial charge in [0.05, 0.1) is 30.5 Å². The number of ether oxygens (including phenoxy) is 1. The second kappa shape index (κ2) is 6.54. The van der Waals surface area contributed by atoms with Crippen LogP contribution in [0.5, 0.6) is 5.75 Å². The second-order valence-electron chi connectivity index (χ2n) is 8.63. The Morgan fingerprint density at radius 3 is 2.72 bits per heavy atom. The minimum atomic E-state index is -2.62. The highest BCUT2D eigenvalue weighted by molar-refractivity contribution is 5.95. The van der Waals surface area contributed by atoms with Crippen molar-refractivity contribution < 1.29 is 18.3 Å². The summed E-state index contributed by atoms with van der Waals surface area (Å²) < 4.78 is 34.9. The average molecular weight is 401 g/mol. The van der Waals surface area contributed by atoms with E-state index in [2.05, 4.69) is 5.10 Å². The summed E-state index contributed by atoms with van der Waals surface area (Å²) in [6, 6.07) is 4.45. The molecule has 1 amide bonds. The Balaban J connectivity index is 1.55. The van der Waals surface area contributed by atoms with Gasteiger partial charge < -0.3 is 9.64 Å². The number of alkyl halides is 2. The molecule has 0 N–H and O–H groups in total. The maximum atomic E-state index is 13.4. The molecular weight excluding hydrogens is 376 g/mol. The van der Waals surface area contributed by atoms with Crippen LogP contribution in [0.1, 0.15) is 51.1 Å². The molecule has 2 saturated carbocycles. The lowest BCUT2D eigenvalue weighted by molar-refractivity contribution is -0.117. The molecule has 1 aromatic carbocycles. The number of rotatable bonds is 5. The van der Waals surface area contributed by atoms with Crippen LogP contribution in [0.4, 0.5) is 14.5 Å². The standard InChI is InChI=1S/C22H25F2N3O2/c1-13-3-6-19-20(27(13)14(2)28)8-7-18(15-10-25-26(11-15)17-4-5-17)21(19)29-12-16-9-22(16,23)24/h7-8,10-11,13,16-17H,3-6,9,12H2,1-2H3/t13-,16?/m0/s1. The molecule has 2 aliphatic carbocycles. The van der Waals surface area contributed by atoms with Crippen LogP contribution in [0.15, 0.2) is 24.5 Å². The summed E-state index contributed by atoms with van der Waals surface area (Å²) in [7, 11) is 0. The topological polar surface area (TPSA) is 47.4 Å². The molecule has 2 aromatic rings. The first-order chi connectivity index (χ1) is 13.8. The molecule has 0 radical (unpaired) electrons. The zero-order chi connectivity index (χ0) is 20.3. The van der Waals surface area contributed by atoms with Crippen LogP contribution >= 0.6 is 0 Å². The number of carbonyl (C=O) groups is 1. The number of nitrogens with zero attached hydrogens (tertiary/aromatic N) is 3. The van der Waals surface area contributed by atoms with Gasteiger partial charge in [0.2, 0.25) is 5.91 Å². The van der Waals surface area contributed by atoms with Crippen molar-refractivity contribution in [2.24, 2.45) is 5.92 Å². The van der Waals surface area contributed by atoms with Crippen molar-refractivity contribution in [3.05, 3.63) is 30.1 Å². The third-order valence-corrected chi connectivity index (χ3v) is 6.31. The number of amides is 1. The van der Waals surface area contributed by atoms with Crippen molar-refractivity contribution in [2.75, 3.05) is 11.5 Å². The summed E-state index contributed by atoms with van der Waals surface area (Å²) in [6.07, 6.45) is 7.54. The van der Waals surface area contributed by atoms with Crippen molar-refractivity contribution >= 4 is 11.6 Å². The fraction of sp³-hybridized carbons (Fsp3) is 0.545. The minimum absolute atomic E-state index is 0.0111. The van der Waals surface area contributed by atoms with E-state index in [0.29, 0.717) is 11.8 Å². The summed E-state index contributed by atoms with van der Waals surface area (Å²) in [5.74, 6) is -2.75. The Morgan fingerprint density at radius 1 is 1.31 bits per heavy atom. The number of carbonyl (C=O) groups excluding carboxylic acids is 1. The number of hydrogen-bond acceptors (Lipinski definition) is 3. The number of benzene rings is 1. The van der Waals surface area contributed by atoms with E-state index in [4.69, 9.17) is 4.74 Å². The van der Waals surface area contributed by atoms with E-state index in [9.17, 15) is 13.6 Å². The van der Waals surface area contributed by atoms with Gasteiger partial charge in [-0.2, -0.15) is 5.10 Å². The van der Waals surface area contributed by atoms with Gasteiger partial charge in [0.15, 0.2) is 0 Å². The molecular formula is C22H25F2N3O2. The van der Waals surface area contributed by atoms with Crippen molar-refractivity contribution in [3.8, 4) is 16.9 Å². The quantitative estimate of drug-likeness (QED) is 0.735. The molecule has 3 aliphatic rings. The molecule has 154 valence electrons. The maximum absolute atomic E-state index is 13.4. The fourth-order valence-corrected chi connectivity index (χ4v) is 4.33. The number of halogens is 2. The first kappa shape index (κ1) is 18.6. The fourth-order valence-electron chi connectivity index (χ4n) is 4.33. The first-order valence-corrected chi connectivity index (χ1v) is 10.4. The van der Waals surface area contributed by atoms with Crippen molar-refractivity contribution in [1.29, 1.82) is 0 Å². The molecule has 5 rings (SSSR count). The second-order valence-corrected chi connectivity index (χ2v) is 8.63. The molecule has 29 heavy (non-hydrogen) atoms. The molecule has 1 aromatic heterocycles. The molecule has 2 heterocycles. The van der Waals surface area contributed by atoms with E-state index in [0.717, 1.165) is 48.1 Å². The van der Waals surface area contributed by atoms with Crippen molar-refractivity contribution in [2.45, 2.75) is 64.0 Å². The summed E-state index contributed by atoms with van der Waals surface area (Å²) >= 11 is 0. The molecule has 0 saturated heterocycles. The number of hydrogen-bond donors (Lipinski definition) is 0. The molecule has 0 spiro atoms. The number of anilines is 1. The summed E-state index contributed by atoms with van der Waals surface area (Å²) in [4.78, 5) is 14.0. The Morgan fingerprint density at radius 2 is 2.07 bits per heavy atom. The van der Waals surface area contributed by atoms with Gasteiger partial charge in [-0.3, -0.25) is 9.48 Å². The van der Waals surface area contributed by atoms with Crippen molar-refractivity contribution in [3.63, 3.8) is 0 Å². The molecule has 0 bridgehead atoms. The van der Waals surface area contributed by atoms with Crippen LogP contribution in [-0.4, -0.2) is 34.3 Å². The maximum Gasteiger partial charge on any atom is 0.255 e. The van der Waals surface area contributed by atoms with Gasteiger partial charge in [-0.15, -0.1) is 0 Å². The number of aromatic nitrogens is 2. The van der Waals surface area contributed by atoms with Crippen LogP contribution in [0.25, 0.3) is 11.1 Å². The highest BCUT2D eigenvalue weighted by Crippen LogP contribution is 2.50. The number of fused-ring (bicyclic) bond motifs is 1. The van der Waals surface area contributed by atoms with Gasteiger partial charge in [-0.1, -0.05) is 0 Å². The Bertz CT molecular complexity index is 967. The predicted molar refractivity (Wildman–Crippen MR) is 105 cm³/mol. The minimum Gasteiger partial charge on any atom is -0.492 e. The summed E-state index contributed by atoms with van der Waals surface area (Å²) in [5, 5.41) is 4.47. The Hall–Kier alpha value is -2.44. The lowest BCUT2D eigenvalue weighted by Crippen LogP contribution is -2.40. The summed E-state index contributed by atoms with van der Waals surface area (Å²) in [5.41, 5.74) is 3.54. The molecule has 1 aliphatic heterocycles. The molecule has 2 fully saturated rings. The summed E-state index contributed by atoms with van der Waals surface area (Å²) in [6.45, 7) is 3.58. The first-order valence-electron chi connectivity index (χ1n) is 10.4. The van der Waals surface area contributed by atoms with Gasteiger partial charge in [-0.05, 0) is 44.7 Å². The zero-order valence-corrected chi connectivity index (χ0v) is 16.7. The normalized spacial score (nSPS) is 24.9. The van der Waals surface area contributed by atoms with Crippen molar-refractivity contribution in [1.82, 2.24) is 9.78 Å². The molecule has 1 unspecified atom stereocenters. The highest BCUT2D eigenvalue weighted by atomic mass is 19.3. The third-order valence-electron chi connectivity index (χ3n) is 6.31. The SMILES string of the molecule is CC(=O)N1c2ccc(-c3cnn(C4CC4)c3)c(OCC3CC3(F)F)c2CC[C@@H]1C. The van der Waals surface area contributed by atoms with Gasteiger partial charge in [0.25, 0.3) is 5.92 Å². The van der Waals surface area contributed by atoms with Crippen LogP contribution in [0, 0.1) is 5.92 Å². The molecule has 5 nitrogen and oxygen atoms in total. The smallest absolute Gasteiger partial charge is 0.255 e. The van der Waals surface area contributed by atoms with Crippen LogP contribution in [0.2, 0.25) is 0 Å². The molecule has 7 heteroatoms. The predicted octanol–water partition coefficient (Wildman–Crippen LogP) is 4.61. The van der Waals surface area contributed by atoms with E-state index in [1.807, 2.05) is 36.1 Å². The molecule has 2 atom stereocenters. The van der Waals surface area contributed by atoms with Crippen LogP contribution in [-0.2, 0) is 11.2 Å². The Labute approximate surface area is 168 Å². The van der Waals surface area contributed by atoms with E-state index in [-0.39, 0.29) is 25.0 Å². The van der Waals surface area contributed by atoms with E-state index in [1.54, 1.807) is 11.8 Å². The van der Waals surface area contributed by atoms with Gasteiger partial charge >= 0.3 is 0 Å². The largest absolute Gasteiger partial charge is 0.492 e. The van der Waals surface area contributed by atoms with E-state index in [1.165, 1.54) is 0 Å². The van der Waals surface area contributed by atoms with Gasteiger partial charge in [0.1, 0.15) is 5.75 Å². The van der Waals surface area contributed by atoms with Gasteiger partial charge in [-0.25, -0.2) is 8.78 Å². The monoisotopic (exact) mass is 401 g/mol. The van der Waals surface area contributed by atoms with E-state index < -0.39 is 11.8 Å². The van der Waals surface area contributed by atoms with E-state index >= 15 is 0 Å². The average Bonchev–Trinajstić information content (AvgIpc) is 3.56. The lowest BCUT2D eigenvalue weighted by Gasteiger charge is -2.36. The van der Waals surface area contributed by atoms with Crippen LogP contribution < -0.4 is 9.64 Å². The highest BCUT2D eigenvalue weighted by Gasteiger charge is 2.57. The van der Waals surface area contributed by atoms with Crippen LogP contribution in [0.3, 0.4) is 0 Å². The Kier molecular flexibility index (Phi) is 4.19.